The Kier molecular flexibility index (Phi) is 8.16. The summed E-state index contributed by atoms with van der Waals surface area (Å²) in [6.07, 6.45) is -0.503. The average Bonchev–Trinajstić information content (AvgIpc) is 2.71. The van der Waals surface area contributed by atoms with Crippen LogP contribution in [0.4, 0.5) is 11.4 Å². The number of nitrogens with zero attached hydrogens (tertiary/aromatic N) is 1. The van der Waals surface area contributed by atoms with E-state index in [-0.39, 0.29) is 23.5 Å². The van der Waals surface area contributed by atoms with Crippen LogP contribution in [0.5, 0.6) is 11.5 Å². The van der Waals surface area contributed by atoms with Crippen molar-refractivity contribution >= 4 is 23.3 Å². The number of benzene rings is 2. The highest BCUT2D eigenvalue weighted by molar-refractivity contribution is 5.96. The molecule has 1 N–H and O–H groups in total. The maximum atomic E-state index is 12.3. The summed E-state index contributed by atoms with van der Waals surface area (Å²) < 4.78 is 15.8. The molecule has 30 heavy (non-hydrogen) atoms. The van der Waals surface area contributed by atoms with Gasteiger partial charge in [-0.1, -0.05) is 12.1 Å². The summed E-state index contributed by atoms with van der Waals surface area (Å²) in [5.41, 5.74) is 1.15. The molecule has 0 bridgehead atoms. The maximum Gasteiger partial charge on any atom is 0.306 e. The van der Waals surface area contributed by atoms with Crippen molar-refractivity contribution in [2.45, 2.75) is 32.8 Å². The highest BCUT2D eigenvalue weighted by Gasteiger charge is 2.20. The number of nitro groups is 1. The molecule has 2 aromatic rings. The molecule has 0 aliphatic carbocycles. The molecule has 0 unspecified atom stereocenters. The zero-order valence-corrected chi connectivity index (χ0v) is 17.0. The van der Waals surface area contributed by atoms with Crippen molar-refractivity contribution in [3.05, 3.63) is 58.1 Å². The summed E-state index contributed by atoms with van der Waals surface area (Å²) in [5.74, 6) is -0.245. The van der Waals surface area contributed by atoms with Crippen LogP contribution in [0.25, 0.3) is 0 Å². The number of nitrogens with one attached hydrogen (secondary N) is 1. The van der Waals surface area contributed by atoms with Gasteiger partial charge in [0.05, 0.1) is 30.4 Å². The molecule has 160 valence electrons. The lowest BCUT2D eigenvalue weighted by atomic mass is 10.2. The van der Waals surface area contributed by atoms with Crippen LogP contribution in [0.15, 0.2) is 42.5 Å². The number of ether oxygens (including phenoxy) is 3. The van der Waals surface area contributed by atoms with Crippen LogP contribution < -0.4 is 14.8 Å². The largest absolute Gasteiger partial charge is 0.494 e. The molecular formula is C21H24N2O7. The first-order valence-corrected chi connectivity index (χ1v) is 9.32. The minimum Gasteiger partial charge on any atom is -0.494 e. The second kappa shape index (κ2) is 10.8. The molecule has 0 radical (unpaired) electrons. The number of esters is 1. The summed E-state index contributed by atoms with van der Waals surface area (Å²) in [6.45, 7) is 3.75. The molecule has 9 heteroatoms. The van der Waals surface area contributed by atoms with Gasteiger partial charge >= 0.3 is 5.97 Å². The van der Waals surface area contributed by atoms with Gasteiger partial charge in [-0.2, -0.15) is 0 Å². The fourth-order valence-electron chi connectivity index (χ4n) is 2.55. The van der Waals surface area contributed by atoms with E-state index in [1.54, 1.807) is 0 Å². The van der Waals surface area contributed by atoms with Crippen molar-refractivity contribution in [2.24, 2.45) is 0 Å². The van der Waals surface area contributed by atoms with Crippen molar-refractivity contribution in [2.75, 3.05) is 19.0 Å². The number of carbonyl (C=O) groups excluding carboxylic acids is 2. The topological polar surface area (TPSA) is 117 Å². The van der Waals surface area contributed by atoms with Crippen LogP contribution in [0.3, 0.4) is 0 Å². The monoisotopic (exact) mass is 416 g/mol. The SMILES string of the molecule is COc1cc([N+](=O)[O-])ccc1NC(=O)[C@@H](C)OC(=O)CCCOc1cccc(C)c1. The number of hydrogen-bond donors (Lipinski definition) is 1. The first-order valence-electron chi connectivity index (χ1n) is 9.32. The zero-order chi connectivity index (χ0) is 22.1. The third-order valence-electron chi connectivity index (χ3n) is 4.11. The van der Waals surface area contributed by atoms with Crippen molar-refractivity contribution < 1.29 is 28.7 Å². The van der Waals surface area contributed by atoms with E-state index in [9.17, 15) is 19.7 Å². The number of rotatable bonds is 10. The molecule has 1 atom stereocenters. The molecule has 0 aliphatic heterocycles. The number of amides is 1. The van der Waals surface area contributed by atoms with E-state index < -0.39 is 22.9 Å². The van der Waals surface area contributed by atoms with Gasteiger partial charge in [-0.15, -0.1) is 0 Å². The molecular weight excluding hydrogens is 392 g/mol. The number of non-ortho nitro benzene ring substituents is 1. The number of methoxy groups -OCH3 is 1. The minimum absolute atomic E-state index is 0.101. The number of carbonyl (C=O) groups is 2. The molecule has 0 aromatic heterocycles. The summed E-state index contributed by atoms with van der Waals surface area (Å²) in [7, 11) is 1.33. The van der Waals surface area contributed by atoms with Gasteiger partial charge in [0, 0.05) is 12.5 Å². The van der Waals surface area contributed by atoms with E-state index in [2.05, 4.69) is 5.32 Å². The van der Waals surface area contributed by atoms with Crippen molar-refractivity contribution in [1.82, 2.24) is 0 Å². The lowest BCUT2D eigenvalue weighted by Gasteiger charge is -2.15. The number of nitro benzene ring substituents is 1. The Hall–Kier alpha value is -3.62. The second-order valence-electron chi connectivity index (χ2n) is 6.53. The van der Waals surface area contributed by atoms with Crippen molar-refractivity contribution in [1.29, 1.82) is 0 Å². The smallest absolute Gasteiger partial charge is 0.306 e. The molecule has 0 spiro atoms. The summed E-state index contributed by atoms with van der Waals surface area (Å²) >= 11 is 0. The Balaban J connectivity index is 1.79. The number of hydrogen-bond acceptors (Lipinski definition) is 7. The van der Waals surface area contributed by atoms with Crippen LogP contribution in [0, 0.1) is 17.0 Å². The standard InChI is InChI=1S/C21H24N2O7/c1-14-6-4-7-17(12-14)29-11-5-8-20(24)30-15(2)21(25)22-18-10-9-16(23(26)27)13-19(18)28-3/h4,6-7,9-10,12-13,15H,5,8,11H2,1-3H3,(H,22,25)/t15-/m1/s1. The summed E-state index contributed by atoms with van der Waals surface area (Å²) in [5, 5.41) is 13.4. The van der Waals surface area contributed by atoms with Crippen LogP contribution in [-0.4, -0.2) is 36.6 Å². The predicted molar refractivity (Wildman–Crippen MR) is 110 cm³/mol. The third kappa shape index (κ3) is 6.77. The van der Waals surface area contributed by atoms with E-state index in [0.717, 1.165) is 11.3 Å². The summed E-state index contributed by atoms with van der Waals surface area (Å²) in [6, 6.07) is 11.4. The van der Waals surface area contributed by atoms with Crippen LogP contribution in [-0.2, 0) is 14.3 Å². The van der Waals surface area contributed by atoms with E-state index in [1.165, 1.54) is 32.2 Å². The predicted octanol–water partition coefficient (Wildman–Crippen LogP) is 3.64. The molecule has 2 aromatic carbocycles. The fraction of sp³-hybridized carbons (Fsp3) is 0.333. The lowest BCUT2D eigenvalue weighted by Crippen LogP contribution is -2.30. The molecule has 0 aliphatic rings. The second-order valence-corrected chi connectivity index (χ2v) is 6.53. The minimum atomic E-state index is -1.05. The van der Waals surface area contributed by atoms with Crippen LogP contribution >= 0.6 is 0 Å². The molecule has 0 saturated carbocycles. The Bertz CT molecular complexity index is 914. The molecule has 0 saturated heterocycles. The third-order valence-corrected chi connectivity index (χ3v) is 4.11. The molecule has 1 amide bonds. The van der Waals surface area contributed by atoms with Crippen molar-refractivity contribution in [3.63, 3.8) is 0 Å². The molecule has 2 rings (SSSR count). The van der Waals surface area contributed by atoms with Gasteiger partial charge in [0.1, 0.15) is 11.5 Å². The van der Waals surface area contributed by atoms with Crippen LogP contribution in [0.2, 0.25) is 0 Å². The highest BCUT2D eigenvalue weighted by atomic mass is 16.6. The van der Waals surface area contributed by atoms with E-state index >= 15 is 0 Å². The van der Waals surface area contributed by atoms with Gasteiger partial charge in [0.15, 0.2) is 6.10 Å². The number of aryl methyl sites for hydroxylation is 1. The first kappa shape index (κ1) is 22.7. The van der Waals surface area contributed by atoms with Gasteiger partial charge in [0.25, 0.3) is 11.6 Å². The van der Waals surface area contributed by atoms with Crippen molar-refractivity contribution in [3.8, 4) is 11.5 Å². The lowest BCUT2D eigenvalue weighted by molar-refractivity contribution is -0.384. The molecule has 0 fully saturated rings. The Morgan fingerprint density at radius 2 is 1.97 bits per heavy atom. The maximum absolute atomic E-state index is 12.3. The Morgan fingerprint density at radius 1 is 1.20 bits per heavy atom. The van der Waals surface area contributed by atoms with Gasteiger partial charge in [-0.05, 0) is 44.0 Å². The van der Waals surface area contributed by atoms with Crippen LogP contribution in [0.1, 0.15) is 25.3 Å². The normalized spacial score (nSPS) is 11.3. The quantitative estimate of drug-likeness (QED) is 0.272. The van der Waals surface area contributed by atoms with Gasteiger partial charge in [-0.25, -0.2) is 0 Å². The molecule has 0 heterocycles. The van der Waals surface area contributed by atoms with Gasteiger partial charge in [0.2, 0.25) is 0 Å². The first-order chi connectivity index (χ1) is 14.3. The Labute approximate surface area is 174 Å². The van der Waals surface area contributed by atoms with E-state index in [1.807, 2.05) is 31.2 Å². The van der Waals surface area contributed by atoms with E-state index in [4.69, 9.17) is 14.2 Å². The van der Waals surface area contributed by atoms with E-state index in [0.29, 0.717) is 13.0 Å². The Morgan fingerprint density at radius 3 is 2.63 bits per heavy atom. The fourth-order valence-corrected chi connectivity index (χ4v) is 2.55. The zero-order valence-electron chi connectivity index (χ0n) is 17.0. The number of anilines is 1. The summed E-state index contributed by atoms with van der Waals surface area (Å²) in [4.78, 5) is 34.5. The highest BCUT2D eigenvalue weighted by Crippen LogP contribution is 2.29. The van der Waals surface area contributed by atoms with Gasteiger partial charge < -0.3 is 19.5 Å². The molecule has 9 nitrogen and oxygen atoms in total. The average molecular weight is 416 g/mol. The van der Waals surface area contributed by atoms with Gasteiger partial charge in [-0.3, -0.25) is 19.7 Å².